The molecule has 0 saturated heterocycles. The quantitative estimate of drug-likeness (QED) is 0.532. The third-order valence-electron chi connectivity index (χ3n) is 5.61. The Hall–Kier alpha value is -1.34. The molecule has 1 aliphatic heterocycles. The van der Waals surface area contributed by atoms with E-state index in [1.807, 2.05) is 11.6 Å². The number of carbonyl (C=O) groups is 2. The van der Waals surface area contributed by atoms with Gasteiger partial charge >= 0.3 is 0 Å². The number of ether oxygens (including phenoxy) is 1. The van der Waals surface area contributed by atoms with Crippen LogP contribution in [0.5, 0.6) is 0 Å². The van der Waals surface area contributed by atoms with Crippen LogP contribution in [0.3, 0.4) is 0 Å². The van der Waals surface area contributed by atoms with Gasteiger partial charge in [0.25, 0.3) is 15.9 Å². The van der Waals surface area contributed by atoms with Crippen molar-refractivity contribution in [1.29, 1.82) is 0 Å². The van der Waals surface area contributed by atoms with Crippen molar-refractivity contribution in [2.24, 2.45) is 0 Å². The third-order valence-corrected chi connectivity index (χ3v) is 11.3. The van der Waals surface area contributed by atoms with Gasteiger partial charge in [-0.2, -0.15) is 0 Å². The molecule has 0 spiro atoms. The zero-order valence-electron chi connectivity index (χ0n) is 18.5. The first-order valence-corrected chi connectivity index (χ1v) is 13.9. The van der Waals surface area contributed by atoms with Crippen LogP contribution in [-0.2, 0) is 34.2 Å². The van der Waals surface area contributed by atoms with Crippen LogP contribution < -0.4 is 10.0 Å². The Labute approximate surface area is 187 Å². The SMILES string of the molecule is CCN[C@H]1C[C@H](C)S(=O)(=O)c2sc(S(=O)(=O)NC(=O)[C@H](C)OC(C)(CC)C(C)=O)cc21. The molecule has 12 heteroatoms. The molecule has 2 N–H and O–H groups in total. The molecule has 4 atom stereocenters. The summed E-state index contributed by atoms with van der Waals surface area (Å²) in [7, 11) is -7.98. The van der Waals surface area contributed by atoms with Gasteiger partial charge in [0.2, 0.25) is 0 Å². The first-order valence-electron chi connectivity index (χ1n) is 10.1. The highest BCUT2D eigenvalue weighted by Crippen LogP contribution is 2.42. The van der Waals surface area contributed by atoms with Crippen LogP contribution in [0, 0.1) is 0 Å². The van der Waals surface area contributed by atoms with Crippen LogP contribution in [0.4, 0.5) is 0 Å². The van der Waals surface area contributed by atoms with E-state index in [1.54, 1.807) is 13.8 Å². The number of rotatable bonds is 9. The molecule has 1 aliphatic rings. The maximum absolute atomic E-state index is 12.8. The van der Waals surface area contributed by atoms with Gasteiger partial charge in [0.1, 0.15) is 20.1 Å². The van der Waals surface area contributed by atoms with Crippen LogP contribution >= 0.6 is 11.3 Å². The van der Waals surface area contributed by atoms with E-state index >= 15 is 0 Å². The largest absolute Gasteiger partial charge is 0.355 e. The first-order chi connectivity index (χ1) is 14.2. The molecule has 0 saturated carbocycles. The number of Topliss-reactive ketones (excluding diaryl/α,β-unsaturated/α-hetero) is 1. The normalized spacial score (nSPS) is 23.4. The maximum atomic E-state index is 12.8. The summed E-state index contributed by atoms with van der Waals surface area (Å²) in [5, 5.41) is 2.53. The molecule has 2 rings (SSSR count). The molecular weight excluding hydrogens is 464 g/mol. The highest BCUT2D eigenvalue weighted by Gasteiger charge is 2.40. The Morgan fingerprint density at radius 3 is 2.48 bits per heavy atom. The Kier molecular flexibility index (Phi) is 7.74. The lowest BCUT2D eigenvalue weighted by molar-refractivity contribution is -0.155. The highest BCUT2D eigenvalue weighted by molar-refractivity contribution is 7.95. The van der Waals surface area contributed by atoms with E-state index in [-0.39, 0.29) is 20.2 Å². The van der Waals surface area contributed by atoms with Crippen LogP contribution in [0.2, 0.25) is 0 Å². The standard InChI is InChI=1S/C19H30N2O7S3/c1-7-19(6,13(5)22)28-12(4)17(23)21-31(26,27)16-10-14-15(20-8-2)9-11(3)30(24,25)18(14)29-16/h10-12,15,20H,7-9H2,1-6H3,(H,21,23)/t11-,12-,15-,19?/m0/s1. The number of hydrogen-bond donors (Lipinski definition) is 2. The number of thiophene rings is 1. The smallest absolute Gasteiger partial charge is 0.273 e. The number of nitrogens with one attached hydrogen (secondary N) is 2. The molecule has 0 fully saturated rings. The zero-order chi connectivity index (χ0) is 23.8. The molecule has 9 nitrogen and oxygen atoms in total. The van der Waals surface area contributed by atoms with Gasteiger partial charge < -0.3 is 10.1 Å². The van der Waals surface area contributed by atoms with Crippen molar-refractivity contribution in [2.75, 3.05) is 6.54 Å². The van der Waals surface area contributed by atoms with Crippen LogP contribution in [-0.4, -0.2) is 52.0 Å². The molecular formula is C19H30N2O7S3. The van der Waals surface area contributed by atoms with Crippen molar-refractivity contribution >= 4 is 42.9 Å². The second-order valence-electron chi connectivity index (χ2n) is 7.88. The first kappa shape index (κ1) is 25.9. The molecule has 1 aromatic heterocycles. The van der Waals surface area contributed by atoms with E-state index in [4.69, 9.17) is 4.74 Å². The van der Waals surface area contributed by atoms with E-state index in [0.29, 0.717) is 36.3 Å². The van der Waals surface area contributed by atoms with Crippen LogP contribution in [0.25, 0.3) is 0 Å². The zero-order valence-corrected chi connectivity index (χ0v) is 21.0. The molecule has 0 aliphatic carbocycles. The maximum Gasteiger partial charge on any atom is 0.273 e. The lowest BCUT2D eigenvalue weighted by Gasteiger charge is -2.28. The van der Waals surface area contributed by atoms with Gasteiger partial charge in [-0.1, -0.05) is 13.8 Å². The van der Waals surface area contributed by atoms with Gasteiger partial charge in [0.05, 0.1) is 5.25 Å². The molecule has 2 heterocycles. The molecule has 0 radical (unpaired) electrons. The number of hydrogen-bond acceptors (Lipinski definition) is 9. The summed E-state index contributed by atoms with van der Waals surface area (Å²) < 4.78 is 58.3. The fourth-order valence-electron chi connectivity index (χ4n) is 3.30. The Balaban J connectivity index is 2.32. The van der Waals surface area contributed by atoms with Crippen molar-refractivity contribution in [3.05, 3.63) is 11.6 Å². The number of sulfone groups is 1. The fraction of sp³-hybridized carbons (Fsp3) is 0.684. The van der Waals surface area contributed by atoms with Gasteiger partial charge in [0.15, 0.2) is 15.6 Å². The Bertz CT molecular complexity index is 1060. The summed E-state index contributed by atoms with van der Waals surface area (Å²) in [6.45, 7) is 10.0. The van der Waals surface area contributed by atoms with Crippen molar-refractivity contribution in [1.82, 2.24) is 10.0 Å². The summed E-state index contributed by atoms with van der Waals surface area (Å²) in [5.41, 5.74) is -0.816. The average Bonchev–Trinajstić information content (AvgIpc) is 3.13. The topological polar surface area (TPSA) is 136 Å². The Morgan fingerprint density at radius 1 is 1.35 bits per heavy atom. The number of fused-ring (bicyclic) bond motifs is 1. The van der Waals surface area contributed by atoms with E-state index in [1.165, 1.54) is 26.8 Å². The van der Waals surface area contributed by atoms with E-state index in [9.17, 15) is 26.4 Å². The average molecular weight is 495 g/mol. The van der Waals surface area contributed by atoms with E-state index in [2.05, 4.69) is 5.32 Å². The monoisotopic (exact) mass is 494 g/mol. The molecule has 31 heavy (non-hydrogen) atoms. The van der Waals surface area contributed by atoms with Crippen molar-refractivity contribution in [2.45, 2.75) is 85.8 Å². The van der Waals surface area contributed by atoms with E-state index in [0.717, 1.165) is 0 Å². The lowest BCUT2D eigenvalue weighted by atomic mass is 9.98. The number of sulfonamides is 1. The molecule has 0 bridgehead atoms. The minimum atomic E-state index is -4.33. The predicted molar refractivity (Wildman–Crippen MR) is 117 cm³/mol. The van der Waals surface area contributed by atoms with Crippen LogP contribution in [0.1, 0.15) is 66.0 Å². The minimum Gasteiger partial charge on any atom is -0.355 e. The number of amides is 1. The summed E-state index contributed by atoms with van der Waals surface area (Å²) in [6, 6.07) is 1.02. The van der Waals surface area contributed by atoms with Gasteiger partial charge in [-0.3, -0.25) is 9.59 Å². The van der Waals surface area contributed by atoms with Crippen LogP contribution in [0.15, 0.2) is 14.5 Å². The lowest BCUT2D eigenvalue weighted by Crippen LogP contribution is -2.45. The van der Waals surface area contributed by atoms with Crippen molar-refractivity contribution < 1.29 is 31.2 Å². The second-order valence-corrected chi connectivity index (χ2v) is 13.4. The third kappa shape index (κ3) is 5.19. The number of ketones is 1. The molecule has 1 aromatic rings. The van der Waals surface area contributed by atoms with Gasteiger partial charge in [-0.15, -0.1) is 11.3 Å². The van der Waals surface area contributed by atoms with Crippen molar-refractivity contribution in [3.8, 4) is 0 Å². The number of carbonyl (C=O) groups excluding carboxylic acids is 2. The van der Waals surface area contributed by atoms with Crippen molar-refractivity contribution in [3.63, 3.8) is 0 Å². The molecule has 176 valence electrons. The predicted octanol–water partition coefficient (Wildman–Crippen LogP) is 1.93. The highest BCUT2D eigenvalue weighted by atomic mass is 32.3. The van der Waals surface area contributed by atoms with Gasteiger partial charge in [-0.05, 0) is 53.1 Å². The summed E-state index contributed by atoms with van der Waals surface area (Å²) in [5.74, 6) is -1.22. The summed E-state index contributed by atoms with van der Waals surface area (Å²) in [6.07, 6.45) is -0.569. The molecule has 1 amide bonds. The molecule has 1 unspecified atom stereocenters. The van der Waals surface area contributed by atoms with E-state index < -0.39 is 42.7 Å². The van der Waals surface area contributed by atoms with Gasteiger partial charge in [0, 0.05) is 11.6 Å². The Morgan fingerprint density at radius 2 is 1.97 bits per heavy atom. The second kappa shape index (κ2) is 9.26. The summed E-state index contributed by atoms with van der Waals surface area (Å²) >= 11 is 0.633. The van der Waals surface area contributed by atoms with Gasteiger partial charge in [-0.25, -0.2) is 21.6 Å². The minimum absolute atomic E-state index is 0.00413. The summed E-state index contributed by atoms with van der Waals surface area (Å²) in [4.78, 5) is 24.3. The molecule has 0 aromatic carbocycles. The fourth-order valence-corrected chi connectivity index (χ4v) is 8.34.